The van der Waals surface area contributed by atoms with E-state index >= 15 is 0 Å². The van der Waals surface area contributed by atoms with Crippen LogP contribution in [0.15, 0.2) is 4.34 Å². The lowest BCUT2D eigenvalue weighted by Crippen LogP contribution is -2.34. The Bertz CT molecular complexity index is 502. The van der Waals surface area contributed by atoms with Crippen molar-refractivity contribution in [1.82, 2.24) is 10.3 Å². The molecule has 0 aliphatic rings. The molecule has 1 amide bonds. The predicted octanol–water partition coefficient (Wildman–Crippen LogP) is 1.85. The number of halogens is 3. The average Bonchev–Trinajstić information content (AvgIpc) is 2.63. The predicted molar refractivity (Wildman–Crippen MR) is 68.0 cm³/mol. The molecule has 1 aromatic rings. The molecule has 112 valence electrons. The Labute approximate surface area is 120 Å². The molecule has 0 aliphatic carbocycles. The maximum absolute atomic E-state index is 11.9. The van der Waals surface area contributed by atoms with Gasteiger partial charge in [0.05, 0.1) is 17.9 Å². The van der Waals surface area contributed by atoms with E-state index in [0.29, 0.717) is 14.9 Å². The molecule has 0 unspecified atom stereocenters. The van der Waals surface area contributed by atoms with Crippen LogP contribution in [0.4, 0.5) is 13.2 Å². The number of amides is 1. The van der Waals surface area contributed by atoms with Crippen LogP contribution >= 0.6 is 23.1 Å². The number of thiazole rings is 1. The van der Waals surface area contributed by atoms with Gasteiger partial charge in [0.2, 0.25) is 5.91 Å². The Morgan fingerprint density at radius 3 is 2.65 bits per heavy atom. The third kappa shape index (κ3) is 6.24. The van der Waals surface area contributed by atoms with Crippen LogP contribution in [0, 0.1) is 6.92 Å². The summed E-state index contributed by atoms with van der Waals surface area (Å²) in [6, 6.07) is 0. The van der Waals surface area contributed by atoms with Gasteiger partial charge < -0.3 is 10.4 Å². The largest absolute Gasteiger partial charge is 0.481 e. The molecule has 0 bridgehead atoms. The van der Waals surface area contributed by atoms with E-state index in [0.717, 1.165) is 23.1 Å². The Kier molecular flexibility index (Phi) is 5.81. The minimum absolute atomic E-state index is 0.162. The molecule has 0 fully saturated rings. The highest BCUT2D eigenvalue weighted by molar-refractivity contribution is 8.01. The minimum Gasteiger partial charge on any atom is -0.481 e. The van der Waals surface area contributed by atoms with E-state index in [1.807, 2.05) is 0 Å². The number of carboxylic acid groups (broad SMARTS) is 1. The molecule has 0 spiro atoms. The van der Waals surface area contributed by atoms with Crippen molar-refractivity contribution in [2.75, 3.05) is 12.3 Å². The van der Waals surface area contributed by atoms with Crippen LogP contribution < -0.4 is 5.32 Å². The SMILES string of the molecule is Cc1nc(SCC(=O)NCC(F)(F)F)sc1CC(=O)O. The first-order valence-corrected chi connectivity index (χ1v) is 7.12. The first-order chi connectivity index (χ1) is 9.17. The topological polar surface area (TPSA) is 79.3 Å². The van der Waals surface area contributed by atoms with Gasteiger partial charge in [-0.2, -0.15) is 13.2 Å². The van der Waals surface area contributed by atoms with Crippen LogP contribution in [-0.2, 0) is 16.0 Å². The number of carbonyl (C=O) groups excluding carboxylic acids is 1. The lowest BCUT2D eigenvalue weighted by atomic mass is 10.3. The third-order valence-corrected chi connectivity index (χ3v) is 4.30. The number of hydrogen-bond acceptors (Lipinski definition) is 5. The quantitative estimate of drug-likeness (QED) is 0.779. The summed E-state index contributed by atoms with van der Waals surface area (Å²) in [6.45, 7) is 0.274. The highest BCUT2D eigenvalue weighted by Crippen LogP contribution is 2.27. The van der Waals surface area contributed by atoms with E-state index in [9.17, 15) is 22.8 Å². The molecule has 0 aromatic carbocycles. The van der Waals surface area contributed by atoms with Crippen LogP contribution in [0.25, 0.3) is 0 Å². The lowest BCUT2D eigenvalue weighted by Gasteiger charge is -2.07. The molecule has 0 saturated carbocycles. The van der Waals surface area contributed by atoms with Crippen LogP contribution in [-0.4, -0.2) is 40.4 Å². The summed E-state index contributed by atoms with van der Waals surface area (Å²) in [6.07, 6.45) is -4.60. The van der Waals surface area contributed by atoms with Crippen LogP contribution in [0.5, 0.6) is 0 Å². The summed E-state index contributed by atoms with van der Waals surface area (Å²) in [5.74, 6) is -1.94. The molecule has 2 N–H and O–H groups in total. The summed E-state index contributed by atoms with van der Waals surface area (Å²) < 4.78 is 36.1. The molecule has 0 aliphatic heterocycles. The number of alkyl halides is 3. The van der Waals surface area contributed by atoms with Gasteiger partial charge in [-0.25, -0.2) is 4.98 Å². The summed E-state index contributed by atoms with van der Waals surface area (Å²) >= 11 is 2.10. The molecule has 0 atom stereocenters. The Balaban J connectivity index is 2.46. The molecular formula is C10H11F3N2O3S2. The Morgan fingerprint density at radius 2 is 2.10 bits per heavy atom. The summed E-state index contributed by atoms with van der Waals surface area (Å²) in [7, 11) is 0. The van der Waals surface area contributed by atoms with Crippen molar-refractivity contribution in [1.29, 1.82) is 0 Å². The van der Waals surface area contributed by atoms with Gasteiger partial charge in [0.25, 0.3) is 0 Å². The monoisotopic (exact) mass is 328 g/mol. The normalized spacial score (nSPS) is 11.4. The molecule has 0 saturated heterocycles. The van der Waals surface area contributed by atoms with Crippen molar-refractivity contribution >= 4 is 35.0 Å². The molecule has 1 heterocycles. The molecule has 20 heavy (non-hydrogen) atoms. The Morgan fingerprint density at radius 1 is 1.45 bits per heavy atom. The number of rotatable bonds is 6. The second kappa shape index (κ2) is 6.93. The summed E-state index contributed by atoms with van der Waals surface area (Å²) in [4.78, 5) is 26.4. The van der Waals surface area contributed by atoms with Gasteiger partial charge in [-0.05, 0) is 6.92 Å². The number of aromatic nitrogens is 1. The van der Waals surface area contributed by atoms with Crippen molar-refractivity contribution in [3.8, 4) is 0 Å². The number of aliphatic carboxylic acids is 1. The number of carboxylic acids is 1. The van der Waals surface area contributed by atoms with Crippen molar-refractivity contribution in [3.63, 3.8) is 0 Å². The van der Waals surface area contributed by atoms with Gasteiger partial charge in [-0.1, -0.05) is 11.8 Å². The number of nitrogens with one attached hydrogen (secondary N) is 1. The smallest absolute Gasteiger partial charge is 0.405 e. The molecule has 5 nitrogen and oxygen atoms in total. The third-order valence-electron chi connectivity index (χ3n) is 2.00. The number of carbonyl (C=O) groups is 2. The van der Waals surface area contributed by atoms with Gasteiger partial charge in [0, 0.05) is 4.88 Å². The Hall–Kier alpha value is -1.29. The summed E-state index contributed by atoms with van der Waals surface area (Å²) in [5.41, 5.74) is 0.551. The molecule has 1 aromatic heterocycles. The maximum Gasteiger partial charge on any atom is 0.405 e. The van der Waals surface area contributed by atoms with Crippen molar-refractivity contribution in [2.45, 2.75) is 23.9 Å². The van der Waals surface area contributed by atoms with E-state index in [1.165, 1.54) is 0 Å². The van der Waals surface area contributed by atoms with E-state index in [2.05, 4.69) is 4.98 Å². The van der Waals surface area contributed by atoms with Crippen LogP contribution in [0.1, 0.15) is 10.6 Å². The summed E-state index contributed by atoms with van der Waals surface area (Å²) in [5, 5.41) is 10.4. The number of thioether (sulfide) groups is 1. The highest BCUT2D eigenvalue weighted by atomic mass is 32.2. The van der Waals surface area contributed by atoms with E-state index in [4.69, 9.17) is 5.11 Å². The van der Waals surface area contributed by atoms with Crippen molar-refractivity contribution in [2.24, 2.45) is 0 Å². The molecule has 1 rings (SSSR count). The van der Waals surface area contributed by atoms with Crippen LogP contribution in [0.2, 0.25) is 0 Å². The molecule has 10 heteroatoms. The average molecular weight is 328 g/mol. The van der Waals surface area contributed by atoms with Crippen LogP contribution in [0.3, 0.4) is 0 Å². The fraction of sp³-hybridized carbons (Fsp3) is 0.500. The zero-order valence-electron chi connectivity index (χ0n) is 10.3. The second-order valence-electron chi connectivity index (χ2n) is 3.74. The van der Waals surface area contributed by atoms with E-state index < -0.39 is 24.6 Å². The zero-order chi connectivity index (χ0) is 15.3. The maximum atomic E-state index is 11.9. The first kappa shape index (κ1) is 16.8. The van der Waals surface area contributed by atoms with Gasteiger partial charge in [-0.15, -0.1) is 11.3 Å². The number of hydrogen-bond donors (Lipinski definition) is 2. The minimum atomic E-state index is -4.44. The molecular weight excluding hydrogens is 317 g/mol. The molecule has 0 radical (unpaired) electrons. The van der Waals surface area contributed by atoms with Gasteiger partial charge in [-0.3, -0.25) is 9.59 Å². The second-order valence-corrected chi connectivity index (χ2v) is 6.05. The standard InChI is InChI=1S/C10H11F3N2O3S2/c1-5-6(2-8(17)18)20-9(15-5)19-3-7(16)14-4-10(11,12)13/h2-4H2,1H3,(H,14,16)(H,17,18). The zero-order valence-corrected chi connectivity index (χ0v) is 11.9. The lowest BCUT2D eigenvalue weighted by molar-refractivity contribution is -0.136. The van der Waals surface area contributed by atoms with Crippen molar-refractivity contribution < 1.29 is 27.9 Å². The van der Waals surface area contributed by atoms with Gasteiger partial charge in [0.15, 0.2) is 4.34 Å². The van der Waals surface area contributed by atoms with Crippen molar-refractivity contribution in [3.05, 3.63) is 10.6 Å². The van der Waals surface area contributed by atoms with Gasteiger partial charge >= 0.3 is 12.1 Å². The first-order valence-electron chi connectivity index (χ1n) is 5.31. The number of aryl methyl sites for hydroxylation is 1. The number of nitrogens with zero attached hydrogens (tertiary/aromatic N) is 1. The van der Waals surface area contributed by atoms with E-state index in [1.54, 1.807) is 12.2 Å². The highest BCUT2D eigenvalue weighted by Gasteiger charge is 2.27. The van der Waals surface area contributed by atoms with Gasteiger partial charge in [0.1, 0.15) is 6.54 Å². The van der Waals surface area contributed by atoms with E-state index in [-0.39, 0.29) is 12.2 Å². The fourth-order valence-electron chi connectivity index (χ4n) is 1.14. The fourth-order valence-corrected chi connectivity index (χ4v) is 3.20.